The van der Waals surface area contributed by atoms with Crippen LogP contribution >= 0.6 is 0 Å². The summed E-state index contributed by atoms with van der Waals surface area (Å²) in [4.78, 5) is 0.374. The van der Waals surface area contributed by atoms with Crippen LogP contribution in [0.2, 0.25) is 0 Å². The first kappa shape index (κ1) is 21.3. The molecular weight excluding hydrogens is 328 g/mol. The maximum absolute atomic E-state index is 12.4. The molecular formula is C22H30O2S. The van der Waals surface area contributed by atoms with Crippen LogP contribution in [0.3, 0.4) is 0 Å². The first-order valence-corrected chi connectivity index (χ1v) is 10.4. The fourth-order valence-electron chi connectivity index (χ4n) is 2.34. The molecule has 0 saturated carbocycles. The van der Waals surface area contributed by atoms with Crippen molar-refractivity contribution in [2.45, 2.75) is 69.9 Å². The Hall–Kier alpha value is -1.79. The Bertz CT molecular complexity index is 740. The summed E-state index contributed by atoms with van der Waals surface area (Å²) < 4.78 is 24.8. The van der Waals surface area contributed by atoms with Gasteiger partial charge in [-0.2, -0.15) is 0 Å². The number of rotatable bonds is 8. The van der Waals surface area contributed by atoms with Gasteiger partial charge in [-0.3, -0.25) is 0 Å². The lowest BCUT2D eigenvalue weighted by molar-refractivity contribution is 0.584. The maximum Gasteiger partial charge on any atom is 0.181 e. The average molecular weight is 359 g/mol. The SMILES string of the molecule is CC(C)=CCC/C(C)=C/CCC#CCC(C)S(=O)(=O)c1ccccc1. The van der Waals surface area contributed by atoms with E-state index in [1.165, 1.54) is 11.1 Å². The zero-order valence-electron chi connectivity index (χ0n) is 15.9. The van der Waals surface area contributed by atoms with E-state index in [4.69, 9.17) is 0 Å². The smallest absolute Gasteiger partial charge is 0.181 e. The zero-order chi connectivity index (χ0) is 18.7. The Morgan fingerprint density at radius 3 is 2.36 bits per heavy atom. The fourth-order valence-corrected chi connectivity index (χ4v) is 3.64. The van der Waals surface area contributed by atoms with Crippen molar-refractivity contribution < 1.29 is 8.42 Å². The van der Waals surface area contributed by atoms with Crippen LogP contribution in [0.15, 0.2) is 58.5 Å². The molecule has 136 valence electrons. The van der Waals surface area contributed by atoms with Crippen LogP contribution in [-0.4, -0.2) is 13.7 Å². The van der Waals surface area contributed by atoms with E-state index in [2.05, 4.69) is 44.8 Å². The summed E-state index contributed by atoms with van der Waals surface area (Å²) >= 11 is 0. The highest BCUT2D eigenvalue weighted by atomic mass is 32.2. The highest BCUT2D eigenvalue weighted by Gasteiger charge is 2.21. The summed E-state index contributed by atoms with van der Waals surface area (Å²) in [5.41, 5.74) is 2.75. The second-order valence-electron chi connectivity index (χ2n) is 6.64. The van der Waals surface area contributed by atoms with E-state index in [0.29, 0.717) is 11.3 Å². The van der Waals surface area contributed by atoms with Gasteiger partial charge < -0.3 is 0 Å². The lowest BCUT2D eigenvalue weighted by Gasteiger charge is -2.09. The van der Waals surface area contributed by atoms with Crippen molar-refractivity contribution in [1.82, 2.24) is 0 Å². The number of hydrogen-bond donors (Lipinski definition) is 0. The van der Waals surface area contributed by atoms with Gasteiger partial charge in [-0.05, 0) is 59.1 Å². The molecule has 0 bridgehead atoms. The van der Waals surface area contributed by atoms with Crippen molar-refractivity contribution in [2.24, 2.45) is 0 Å². The molecule has 0 spiro atoms. The van der Waals surface area contributed by atoms with E-state index in [1.807, 2.05) is 6.07 Å². The topological polar surface area (TPSA) is 34.1 Å². The van der Waals surface area contributed by atoms with E-state index in [1.54, 1.807) is 31.2 Å². The van der Waals surface area contributed by atoms with Gasteiger partial charge in [0.05, 0.1) is 10.1 Å². The Morgan fingerprint density at radius 2 is 1.72 bits per heavy atom. The summed E-state index contributed by atoms with van der Waals surface area (Å²) in [7, 11) is -3.28. The van der Waals surface area contributed by atoms with Crippen LogP contribution in [0.5, 0.6) is 0 Å². The molecule has 2 nitrogen and oxygen atoms in total. The van der Waals surface area contributed by atoms with Gasteiger partial charge in [-0.15, -0.1) is 11.8 Å². The van der Waals surface area contributed by atoms with Crippen molar-refractivity contribution >= 4 is 9.84 Å². The van der Waals surface area contributed by atoms with E-state index in [9.17, 15) is 8.42 Å². The van der Waals surface area contributed by atoms with Crippen molar-refractivity contribution in [3.05, 3.63) is 53.6 Å². The molecule has 0 N–H and O–H groups in total. The van der Waals surface area contributed by atoms with Crippen molar-refractivity contribution in [1.29, 1.82) is 0 Å². The molecule has 0 heterocycles. The molecule has 0 aliphatic rings. The minimum Gasteiger partial charge on any atom is -0.223 e. The van der Waals surface area contributed by atoms with Gasteiger partial charge in [0.25, 0.3) is 0 Å². The Balaban J connectivity index is 2.41. The standard InChI is InChI=1S/C22H30O2S/c1-19(2)13-12-15-20(3)14-8-5-6-9-16-21(4)25(23,24)22-17-10-7-11-18-22/h7,10-11,13-14,17-18,21H,5,8,12,15-16H2,1-4H3/b20-14+. The fraction of sp³-hybridized carbons (Fsp3) is 0.455. The number of hydrogen-bond acceptors (Lipinski definition) is 2. The van der Waals surface area contributed by atoms with Gasteiger partial charge >= 0.3 is 0 Å². The van der Waals surface area contributed by atoms with Crippen LogP contribution in [0.4, 0.5) is 0 Å². The van der Waals surface area contributed by atoms with Gasteiger partial charge in [0.15, 0.2) is 9.84 Å². The highest BCUT2D eigenvalue weighted by Crippen LogP contribution is 2.17. The molecule has 0 aliphatic heterocycles. The molecule has 0 amide bonds. The third kappa shape index (κ3) is 8.23. The Kier molecular flexibility index (Phi) is 9.31. The molecule has 1 unspecified atom stereocenters. The molecule has 1 rings (SSSR count). The normalized spacial score (nSPS) is 12.9. The summed E-state index contributed by atoms with van der Waals surface area (Å²) in [5.74, 6) is 6.12. The molecule has 1 aromatic carbocycles. The predicted molar refractivity (Wildman–Crippen MR) is 107 cm³/mol. The highest BCUT2D eigenvalue weighted by molar-refractivity contribution is 7.92. The van der Waals surface area contributed by atoms with Crippen LogP contribution in [-0.2, 0) is 9.84 Å². The lowest BCUT2D eigenvalue weighted by Crippen LogP contribution is -2.17. The summed E-state index contributed by atoms with van der Waals surface area (Å²) in [6.07, 6.45) is 8.74. The third-order valence-corrected chi connectivity index (χ3v) is 6.12. The Morgan fingerprint density at radius 1 is 1.04 bits per heavy atom. The lowest BCUT2D eigenvalue weighted by atomic mass is 10.1. The summed E-state index contributed by atoms with van der Waals surface area (Å²) in [6, 6.07) is 8.60. The van der Waals surface area contributed by atoms with Gasteiger partial charge in [0.1, 0.15) is 0 Å². The monoisotopic (exact) mass is 358 g/mol. The largest absolute Gasteiger partial charge is 0.223 e. The number of benzene rings is 1. The van der Waals surface area contributed by atoms with Gasteiger partial charge in [-0.1, -0.05) is 41.5 Å². The molecule has 1 atom stereocenters. The molecule has 3 heteroatoms. The van der Waals surface area contributed by atoms with E-state index < -0.39 is 15.1 Å². The van der Waals surface area contributed by atoms with Gasteiger partial charge in [0.2, 0.25) is 0 Å². The number of sulfone groups is 1. The van der Waals surface area contributed by atoms with E-state index in [0.717, 1.165) is 25.7 Å². The van der Waals surface area contributed by atoms with Crippen molar-refractivity contribution in [3.8, 4) is 11.8 Å². The molecule has 0 fully saturated rings. The summed E-state index contributed by atoms with van der Waals surface area (Å²) in [6.45, 7) is 8.12. The maximum atomic E-state index is 12.4. The molecule has 25 heavy (non-hydrogen) atoms. The minimum atomic E-state index is -3.28. The average Bonchev–Trinajstić information content (AvgIpc) is 2.58. The molecule has 0 radical (unpaired) electrons. The van der Waals surface area contributed by atoms with Gasteiger partial charge in [-0.25, -0.2) is 8.42 Å². The molecule has 1 aromatic rings. The molecule has 0 aliphatic carbocycles. The minimum absolute atomic E-state index is 0.374. The Labute approximate surface area is 154 Å². The third-order valence-electron chi connectivity index (χ3n) is 3.97. The zero-order valence-corrected chi connectivity index (χ0v) is 16.7. The predicted octanol–water partition coefficient (Wildman–Crippen LogP) is 5.72. The first-order chi connectivity index (χ1) is 11.8. The number of allylic oxidation sites excluding steroid dienone is 4. The van der Waals surface area contributed by atoms with E-state index in [-0.39, 0.29) is 0 Å². The first-order valence-electron chi connectivity index (χ1n) is 8.87. The summed E-state index contributed by atoms with van der Waals surface area (Å²) in [5, 5.41) is -0.483. The van der Waals surface area contributed by atoms with Crippen molar-refractivity contribution in [3.63, 3.8) is 0 Å². The second kappa shape index (κ2) is 10.9. The number of unbranched alkanes of at least 4 members (excludes halogenated alkanes) is 1. The molecule has 0 aromatic heterocycles. The van der Waals surface area contributed by atoms with Crippen LogP contribution < -0.4 is 0 Å². The van der Waals surface area contributed by atoms with Crippen LogP contribution in [0.25, 0.3) is 0 Å². The molecule has 0 saturated heterocycles. The quantitative estimate of drug-likeness (QED) is 0.338. The second-order valence-corrected chi connectivity index (χ2v) is 9.00. The van der Waals surface area contributed by atoms with Crippen LogP contribution in [0.1, 0.15) is 59.8 Å². The van der Waals surface area contributed by atoms with E-state index >= 15 is 0 Å². The van der Waals surface area contributed by atoms with Crippen LogP contribution in [0, 0.1) is 11.8 Å². The van der Waals surface area contributed by atoms with Gasteiger partial charge in [0, 0.05) is 12.8 Å². The van der Waals surface area contributed by atoms with Crippen molar-refractivity contribution in [2.75, 3.05) is 0 Å².